The summed E-state index contributed by atoms with van der Waals surface area (Å²) in [7, 11) is 0. The number of nitrogens with zero attached hydrogens (tertiary/aromatic N) is 2. The molecule has 0 N–H and O–H groups in total. The van der Waals surface area contributed by atoms with Gasteiger partial charge in [0.15, 0.2) is 5.78 Å². The van der Waals surface area contributed by atoms with Crippen molar-refractivity contribution in [2.24, 2.45) is 0 Å². The number of aromatic nitrogens is 2. The molecule has 66 valence electrons. The number of hydrogen-bond acceptors (Lipinski definition) is 2. The molecule has 0 saturated carbocycles. The Labute approximate surface area is 79.9 Å². The summed E-state index contributed by atoms with van der Waals surface area (Å²) >= 11 is 3.11. The van der Waals surface area contributed by atoms with Crippen LogP contribution in [-0.2, 0) is 11.3 Å². The van der Waals surface area contributed by atoms with Gasteiger partial charge >= 0.3 is 0 Å². The van der Waals surface area contributed by atoms with Crippen LogP contribution in [0.5, 0.6) is 0 Å². The third-order valence-corrected chi connectivity index (χ3v) is 2.20. The average Bonchev–Trinajstić information content (AvgIpc) is 2.30. The van der Waals surface area contributed by atoms with E-state index < -0.39 is 0 Å². The summed E-state index contributed by atoms with van der Waals surface area (Å²) in [4.78, 5) is 11.0. The lowest BCUT2D eigenvalue weighted by Gasteiger charge is -2.00. The van der Waals surface area contributed by atoms with E-state index in [1.165, 1.54) is 0 Å². The Hall–Kier alpha value is -0.640. The largest absolute Gasteiger partial charge is 0.297 e. The van der Waals surface area contributed by atoms with Gasteiger partial charge in [-0.05, 0) is 19.9 Å². The summed E-state index contributed by atoms with van der Waals surface area (Å²) in [5, 5.41) is 4.57. The van der Waals surface area contributed by atoms with Crippen LogP contribution in [-0.4, -0.2) is 20.9 Å². The van der Waals surface area contributed by atoms with Crippen molar-refractivity contribution in [2.45, 2.75) is 20.4 Å². The Balaban J connectivity index is 2.75. The molecule has 0 radical (unpaired) electrons. The maximum Gasteiger partial charge on any atom is 0.164 e. The minimum absolute atomic E-state index is 0.140. The monoisotopic (exact) mass is 230 g/mol. The predicted molar refractivity (Wildman–Crippen MR) is 50.5 cm³/mol. The third-order valence-electron chi connectivity index (χ3n) is 1.58. The van der Waals surface area contributed by atoms with Crippen molar-refractivity contribution in [3.63, 3.8) is 0 Å². The highest BCUT2D eigenvalue weighted by Crippen LogP contribution is 2.01. The van der Waals surface area contributed by atoms with E-state index in [1.807, 2.05) is 19.9 Å². The quantitative estimate of drug-likeness (QED) is 0.738. The zero-order valence-corrected chi connectivity index (χ0v) is 8.76. The lowest BCUT2D eigenvalue weighted by atomic mass is 10.4. The van der Waals surface area contributed by atoms with Gasteiger partial charge in [-0.15, -0.1) is 0 Å². The van der Waals surface area contributed by atoms with Gasteiger partial charge in [0.1, 0.15) is 6.54 Å². The van der Waals surface area contributed by atoms with Crippen LogP contribution in [0.2, 0.25) is 0 Å². The lowest BCUT2D eigenvalue weighted by Crippen LogP contribution is -2.13. The van der Waals surface area contributed by atoms with E-state index in [1.54, 1.807) is 4.68 Å². The lowest BCUT2D eigenvalue weighted by molar-refractivity contribution is -0.117. The van der Waals surface area contributed by atoms with Gasteiger partial charge < -0.3 is 0 Å². The van der Waals surface area contributed by atoms with Crippen molar-refractivity contribution >= 4 is 21.7 Å². The third kappa shape index (κ3) is 2.17. The van der Waals surface area contributed by atoms with Gasteiger partial charge in [-0.25, -0.2) is 0 Å². The first-order valence-electron chi connectivity index (χ1n) is 3.72. The zero-order valence-electron chi connectivity index (χ0n) is 7.17. The van der Waals surface area contributed by atoms with Gasteiger partial charge in [0.25, 0.3) is 0 Å². The van der Waals surface area contributed by atoms with Gasteiger partial charge in [-0.3, -0.25) is 9.48 Å². The van der Waals surface area contributed by atoms with Crippen LogP contribution >= 0.6 is 15.9 Å². The summed E-state index contributed by atoms with van der Waals surface area (Å²) in [6, 6.07) is 1.96. The van der Waals surface area contributed by atoms with Gasteiger partial charge in [0.2, 0.25) is 0 Å². The normalized spacial score (nSPS) is 10.2. The molecule has 0 saturated heterocycles. The second-order valence-corrected chi connectivity index (χ2v) is 3.32. The number of ketones is 1. The molecule has 0 amide bonds. The van der Waals surface area contributed by atoms with E-state index in [9.17, 15) is 4.79 Å². The van der Waals surface area contributed by atoms with E-state index in [-0.39, 0.29) is 5.78 Å². The summed E-state index contributed by atoms with van der Waals surface area (Å²) < 4.78 is 1.72. The zero-order chi connectivity index (χ0) is 9.14. The highest BCUT2D eigenvalue weighted by Gasteiger charge is 2.04. The van der Waals surface area contributed by atoms with Crippen molar-refractivity contribution < 1.29 is 4.79 Å². The molecular formula is C8H11BrN2O. The number of rotatable bonds is 3. The standard InChI is InChI=1S/C8H11BrN2O/c1-6-3-7(2)11(10-6)5-8(12)4-9/h3H,4-5H2,1-2H3. The molecule has 1 aromatic rings. The smallest absolute Gasteiger partial charge is 0.164 e. The molecule has 0 aromatic carbocycles. The summed E-state index contributed by atoms with van der Waals surface area (Å²) in [5.41, 5.74) is 1.98. The first-order chi connectivity index (χ1) is 5.63. The van der Waals surface area contributed by atoms with Crippen molar-refractivity contribution in [1.29, 1.82) is 0 Å². The number of aryl methyl sites for hydroxylation is 2. The molecule has 0 aliphatic heterocycles. The second kappa shape index (κ2) is 3.85. The molecule has 0 atom stereocenters. The molecule has 1 heterocycles. The molecule has 1 aromatic heterocycles. The molecule has 0 aliphatic carbocycles. The Kier molecular flexibility index (Phi) is 3.03. The summed E-state index contributed by atoms with van der Waals surface area (Å²) in [6.07, 6.45) is 0. The minimum atomic E-state index is 0.140. The minimum Gasteiger partial charge on any atom is -0.297 e. The molecule has 12 heavy (non-hydrogen) atoms. The SMILES string of the molecule is Cc1cc(C)n(CC(=O)CBr)n1. The fraction of sp³-hybridized carbons (Fsp3) is 0.500. The first kappa shape index (κ1) is 9.45. The van der Waals surface area contributed by atoms with Gasteiger partial charge in [-0.1, -0.05) is 15.9 Å². The molecule has 4 heteroatoms. The topological polar surface area (TPSA) is 34.9 Å². The fourth-order valence-corrected chi connectivity index (χ4v) is 1.22. The van der Waals surface area contributed by atoms with E-state index in [4.69, 9.17) is 0 Å². The van der Waals surface area contributed by atoms with Crippen molar-refractivity contribution in [3.8, 4) is 0 Å². The van der Waals surface area contributed by atoms with Crippen molar-refractivity contribution in [2.75, 3.05) is 5.33 Å². The highest BCUT2D eigenvalue weighted by molar-refractivity contribution is 9.09. The Bertz CT molecular complexity index is 293. The molecule has 0 bridgehead atoms. The van der Waals surface area contributed by atoms with Crippen LogP contribution in [0.4, 0.5) is 0 Å². The maximum absolute atomic E-state index is 11.0. The first-order valence-corrected chi connectivity index (χ1v) is 4.84. The van der Waals surface area contributed by atoms with Crippen LogP contribution in [0.15, 0.2) is 6.07 Å². The Morgan fingerprint density at radius 2 is 2.33 bits per heavy atom. The summed E-state index contributed by atoms with van der Waals surface area (Å²) in [5.74, 6) is 0.140. The number of carbonyl (C=O) groups excluding carboxylic acids is 1. The number of alkyl halides is 1. The molecule has 1 rings (SSSR count). The molecule has 0 spiro atoms. The maximum atomic E-state index is 11.0. The molecule has 0 unspecified atom stereocenters. The predicted octanol–water partition coefficient (Wildman–Crippen LogP) is 1.46. The summed E-state index contributed by atoms with van der Waals surface area (Å²) in [6.45, 7) is 4.23. The number of halogens is 1. The fourth-order valence-electron chi connectivity index (χ4n) is 1.04. The van der Waals surface area contributed by atoms with Crippen LogP contribution in [0.25, 0.3) is 0 Å². The molecular weight excluding hydrogens is 220 g/mol. The van der Waals surface area contributed by atoms with Crippen LogP contribution < -0.4 is 0 Å². The van der Waals surface area contributed by atoms with Crippen LogP contribution in [0.1, 0.15) is 11.4 Å². The number of hydrogen-bond donors (Lipinski definition) is 0. The average molecular weight is 231 g/mol. The van der Waals surface area contributed by atoms with Crippen LogP contribution in [0.3, 0.4) is 0 Å². The van der Waals surface area contributed by atoms with Crippen molar-refractivity contribution in [3.05, 3.63) is 17.5 Å². The number of carbonyl (C=O) groups is 1. The Morgan fingerprint density at radius 3 is 2.75 bits per heavy atom. The van der Waals surface area contributed by atoms with Crippen LogP contribution in [0, 0.1) is 13.8 Å². The van der Waals surface area contributed by atoms with E-state index >= 15 is 0 Å². The van der Waals surface area contributed by atoms with Crippen molar-refractivity contribution in [1.82, 2.24) is 9.78 Å². The highest BCUT2D eigenvalue weighted by atomic mass is 79.9. The molecule has 0 aliphatic rings. The van der Waals surface area contributed by atoms with Gasteiger partial charge in [0, 0.05) is 5.69 Å². The second-order valence-electron chi connectivity index (χ2n) is 2.76. The number of Topliss-reactive ketones (excluding diaryl/α,β-unsaturated/α-hetero) is 1. The van der Waals surface area contributed by atoms with Gasteiger partial charge in [0.05, 0.1) is 11.0 Å². The molecule has 0 fully saturated rings. The van der Waals surface area contributed by atoms with E-state index in [2.05, 4.69) is 21.0 Å². The Morgan fingerprint density at radius 1 is 1.67 bits per heavy atom. The van der Waals surface area contributed by atoms with Gasteiger partial charge in [-0.2, -0.15) is 5.10 Å². The molecule has 3 nitrogen and oxygen atoms in total. The van der Waals surface area contributed by atoms with E-state index in [0.717, 1.165) is 11.4 Å². The van der Waals surface area contributed by atoms with E-state index in [0.29, 0.717) is 11.9 Å².